The van der Waals surface area contributed by atoms with Crippen molar-refractivity contribution in [1.29, 1.82) is 0 Å². The normalized spacial score (nSPS) is 18.5. The fourth-order valence-electron chi connectivity index (χ4n) is 7.14. The largest absolute Gasteiger partial charge is 0.344 e. The Morgan fingerprint density at radius 3 is 2.32 bits per heavy atom. The number of nitrogens with zero attached hydrogens (tertiary/aromatic N) is 3. The summed E-state index contributed by atoms with van der Waals surface area (Å²) >= 11 is 0. The quantitative estimate of drug-likeness (QED) is 0.171. The number of benzene rings is 3. The molecule has 0 unspecified atom stereocenters. The van der Waals surface area contributed by atoms with Crippen LogP contribution in [0.5, 0.6) is 0 Å². The van der Waals surface area contributed by atoms with Gasteiger partial charge >= 0.3 is 0 Å². The summed E-state index contributed by atoms with van der Waals surface area (Å²) in [7, 11) is -1.47. The maximum Gasteiger partial charge on any atom is 0.243 e. The maximum absolute atomic E-state index is 13.3. The molecule has 5 nitrogen and oxygen atoms in total. The zero-order valence-electron chi connectivity index (χ0n) is 27.7. The van der Waals surface area contributed by atoms with Crippen LogP contribution in [0, 0.1) is 0 Å². The fraction of sp³-hybridized carbons (Fsp3) is 0.395. The molecule has 0 N–H and O–H groups in total. The summed E-state index contributed by atoms with van der Waals surface area (Å²) in [4.78, 5) is 2.88. The molecule has 0 aliphatic carbocycles. The van der Waals surface area contributed by atoms with Crippen molar-refractivity contribution < 1.29 is 13.0 Å². The summed E-state index contributed by atoms with van der Waals surface area (Å²) in [5.74, 6) is 0. The molecule has 0 radical (unpaired) electrons. The number of hydrogen-bond acceptors (Lipinski definition) is 3. The van der Waals surface area contributed by atoms with Crippen molar-refractivity contribution in [2.75, 3.05) is 31.6 Å². The Kier molecular flexibility index (Phi) is 8.80. The summed E-state index contributed by atoms with van der Waals surface area (Å²) in [6.07, 6.45) is 13.1. The Balaban J connectivity index is 1.43. The number of allylic oxidation sites excluding steroid dienone is 6. The van der Waals surface area contributed by atoms with E-state index in [4.69, 9.17) is 0 Å². The highest BCUT2D eigenvalue weighted by Crippen LogP contribution is 2.50. The average molecular weight is 611 g/mol. The number of fused-ring (bicyclic) bond motifs is 4. The number of hydrogen-bond donors (Lipinski definition) is 0. The Labute approximate surface area is 265 Å². The van der Waals surface area contributed by atoms with Crippen LogP contribution in [0.4, 0.5) is 11.4 Å². The van der Waals surface area contributed by atoms with Crippen molar-refractivity contribution in [2.24, 2.45) is 0 Å². The van der Waals surface area contributed by atoms with Gasteiger partial charge in [-0.15, -0.1) is 0 Å². The summed E-state index contributed by atoms with van der Waals surface area (Å²) in [5.41, 5.74) is 6.80. The second-order valence-electron chi connectivity index (χ2n) is 12.9. The minimum Gasteiger partial charge on any atom is -0.344 e. The molecule has 0 saturated heterocycles. The third-order valence-electron chi connectivity index (χ3n) is 9.57. The van der Waals surface area contributed by atoms with E-state index in [1.165, 1.54) is 32.0 Å². The highest BCUT2D eigenvalue weighted by molar-refractivity contribution is 7.89. The van der Waals surface area contributed by atoms with Crippen LogP contribution in [0.25, 0.3) is 10.8 Å². The molecule has 0 bridgehead atoms. The molecular weight excluding hydrogens is 563 g/mol. The number of unbranched alkanes of at least 4 members (excludes halogenated alkanes) is 1. The van der Waals surface area contributed by atoms with Crippen molar-refractivity contribution in [3.63, 3.8) is 0 Å². The average Bonchev–Trinajstić information content (AvgIpc) is 3.34. The second-order valence-corrected chi connectivity index (χ2v) is 14.9. The molecule has 3 aromatic rings. The standard InChI is InChI=1S/C38H48N3O2S/c1-9-12-26-41-33-24-22-28-18-16-17-19-30(28)36(33)38(6,7)35(41)21-15-13-14-20-34-37(4,5)31-27-29(23-25-32(31)39(34)8)44(42,43)40(10-2)11-3/h13-25,27H,9-12,26H2,1-8H3/q+1. The highest BCUT2D eigenvalue weighted by atomic mass is 32.2. The van der Waals surface area contributed by atoms with Crippen molar-refractivity contribution in [1.82, 2.24) is 4.31 Å². The van der Waals surface area contributed by atoms with Crippen LogP contribution < -0.4 is 4.90 Å². The molecule has 44 heavy (non-hydrogen) atoms. The van der Waals surface area contributed by atoms with Gasteiger partial charge in [0.15, 0.2) is 5.71 Å². The Morgan fingerprint density at radius 1 is 0.886 bits per heavy atom. The maximum atomic E-state index is 13.3. The first-order chi connectivity index (χ1) is 20.9. The van der Waals surface area contributed by atoms with Gasteiger partial charge in [0.2, 0.25) is 15.7 Å². The van der Waals surface area contributed by atoms with E-state index in [2.05, 4.69) is 118 Å². The van der Waals surface area contributed by atoms with E-state index in [1.54, 1.807) is 6.07 Å². The first kappa shape index (κ1) is 31.9. The molecule has 0 spiro atoms. The van der Waals surface area contributed by atoms with Gasteiger partial charge < -0.3 is 4.90 Å². The molecule has 0 fully saturated rings. The molecule has 2 aliphatic heterocycles. The first-order valence-electron chi connectivity index (χ1n) is 16.0. The van der Waals surface area contributed by atoms with E-state index in [9.17, 15) is 8.42 Å². The van der Waals surface area contributed by atoms with E-state index in [1.807, 2.05) is 26.0 Å². The van der Waals surface area contributed by atoms with Gasteiger partial charge in [0.25, 0.3) is 0 Å². The first-order valence-corrected chi connectivity index (χ1v) is 17.5. The van der Waals surface area contributed by atoms with E-state index < -0.39 is 10.0 Å². The third kappa shape index (κ3) is 5.26. The van der Waals surface area contributed by atoms with Crippen LogP contribution in [0.1, 0.15) is 72.4 Å². The van der Waals surface area contributed by atoms with Crippen LogP contribution in [0.3, 0.4) is 0 Å². The molecule has 0 amide bonds. The molecule has 0 atom stereocenters. The lowest BCUT2D eigenvalue weighted by Crippen LogP contribution is -2.31. The van der Waals surface area contributed by atoms with Gasteiger partial charge in [0.1, 0.15) is 7.05 Å². The fourth-order valence-corrected chi connectivity index (χ4v) is 8.62. The van der Waals surface area contributed by atoms with Crippen LogP contribution in [-0.4, -0.2) is 49.7 Å². The molecular formula is C38H48N3O2S+. The number of sulfonamides is 1. The SMILES string of the molecule is CCCCN1/C(=C/C=C/C=C/C2=[N+](C)c3ccc(S(=O)(=O)N(CC)CC)cc3C2(C)C)C(C)(C)c2c1ccc1ccccc21. The van der Waals surface area contributed by atoms with E-state index in [0.717, 1.165) is 36.3 Å². The molecule has 0 saturated carbocycles. The summed E-state index contributed by atoms with van der Waals surface area (Å²) in [5, 5.41) is 2.62. The van der Waals surface area contributed by atoms with Gasteiger partial charge in [0, 0.05) is 54.1 Å². The van der Waals surface area contributed by atoms with Crippen molar-refractivity contribution in [2.45, 2.75) is 77.0 Å². The predicted octanol–water partition coefficient (Wildman–Crippen LogP) is 8.47. The minimum atomic E-state index is -3.53. The second kappa shape index (κ2) is 12.1. The van der Waals surface area contributed by atoms with Gasteiger partial charge in [-0.3, -0.25) is 0 Å². The van der Waals surface area contributed by atoms with Gasteiger partial charge in [-0.1, -0.05) is 89.6 Å². The molecule has 0 aromatic heterocycles. The molecule has 5 rings (SSSR count). The molecule has 232 valence electrons. The Bertz CT molecular complexity index is 1800. The zero-order valence-corrected chi connectivity index (χ0v) is 28.5. The smallest absolute Gasteiger partial charge is 0.243 e. The van der Waals surface area contributed by atoms with Crippen LogP contribution in [0.15, 0.2) is 95.6 Å². The summed E-state index contributed by atoms with van der Waals surface area (Å²) < 4.78 is 30.2. The van der Waals surface area contributed by atoms with E-state index >= 15 is 0 Å². The Hall–Kier alpha value is -3.48. The molecule has 6 heteroatoms. The highest BCUT2D eigenvalue weighted by Gasteiger charge is 2.44. The van der Waals surface area contributed by atoms with Gasteiger partial charge in [-0.2, -0.15) is 8.88 Å². The monoisotopic (exact) mass is 610 g/mol. The van der Waals surface area contributed by atoms with Crippen molar-refractivity contribution in [3.05, 3.63) is 102 Å². The lowest BCUT2D eigenvalue weighted by atomic mass is 9.81. The lowest BCUT2D eigenvalue weighted by molar-refractivity contribution is -0.401. The summed E-state index contributed by atoms with van der Waals surface area (Å²) in [6, 6.07) is 18.8. The van der Waals surface area contributed by atoms with Crippen LogP contribution >= 0.6 is 0 Å². The predicted molar refractivity (Wildman–Crippen MR) is 186 cm³/mol. The Morgan fingerprint density at radius 2 is 1.61 bits per heavy atom. The topological polar surface area (TPSA) is 43.6 Å². The molecule has 2 heterocycles. The van der Waals surface area contributed by atoms with Gasteiger partial charge in [-0.05, 0) is 60.9 Å². The third-order valence-corrected chi connectivity index (χ3v) is 11.6. The lowest BCUT2D eigenvalue weighted by Gasteiger charge is -2.27. The van der Waals surface area contributed by atoms with Crippen molar-refractivity contribution in [3.8, 4) is 0 Å². The van der Waals surface area contributed by atoms with Gasteiger partial charge in [0.05, 0.1) is 10.3 Å². The zero-order chi connectivity index (χ0) is 31.9. The summed E-state index contributed by atoms with van der Waals surface area (Å²) in [6.45, 7) is 16.9. The molecule has 3 aromatic carbocycles. The van der Waals surface area contributed by atoms with Gasteiger partial charge in [-0.25, -0.2) is 8.42 Å². The van der Waals surface area contributed by atoms with Crippen LogP contribution in [-0.2, 0) is 20.9 Å². The number of anilines is 1. The van der Waals surface area contributed by atoms with Crippen LogP contribution in [0.2, 0.25) is 0 Å². The number of rotatable bonds is 10. The molecule has 2 aliphatic rings. The van der Waals surface area contributed by atoms with Crippen molar-refractivity contribution >= 4 is 37.9 Å². The van der Waals surface area contributed by atoms with E-state index in [-0.39, 0.29) is 10.8 Å². The minimum absolute atomic E-state index is 0.120. The van der Waals surface area contributed by atoms with E-state index in [0.29, 0.717) is 18.0 Å².